The van der Waals surface area contributed by atoms with Gasteiger partial charge in [-0.05, 0) is 115 Å². The van der Waals surface area contributed by atoms with E-state index in [1.165, 1.54) is 0 Å². The molecule has 0 heterocycles. The van der Waals surface area contributed by atoms with Crippen molar-refractivity contribution >= 4 is 5.97 Å². The number of rotatable bonds is 1. The first-order valence-corrected chi connectivity index (χ1v) is 14.1. The maximum Gasteiger partial charge on any atom is 0.309 e. The molecular weight excluding hydrogens is 424 g/mol. The van der Waals surface area contributed by atoms with Crippen molar-refractivity contribution in [1.82, 2.24) is 0 Å². The smallest absolute Gasteiger partial charge is 0.309 e. The van der Waals surface area contributed by atoms with Crippen molar-refractivity contribution in [3.63, 3.8) is 0 Å². The van der Waals surface area contributed by atoms with Gasteiger partial charge in [0.1, 0.15) is 0 Å². The van der Waals surface area contributed by atoms with E-state index < -0.39 is 17.5 Å². The normalized spacial score (nSPS) is 55.8. The van der Waals surface area contributed by atoms with E-state index in [1.807, 2.05) is 0 Å². The highest BCUT2D eigenvalue weighted by atomic mass is 16.4. The average molecular weight is 475 g/mol. The van der Waals surface area contributed by atoms with Gasteiger partial charge in [0.25, 0.3) is 0 Å². The third kappa shape index (κ3) is 2.93. The van der Waals surface area contributed by atoms with E-state index >= 15 is 0 Å². The number of carboxylic acids is 1. The Labute approximate surface area is 207 Å². The van der Waals surface area contributed by atoms with Crippen LogP contribution in [0.1, 0.15) is 113 Å². The molecule has 0 amide bonds. The minimum absolute atomic E-state index is 0.0513. The van der Waals surface area contributed by atoms with Crippen molar-refractivity contribution < 1.29 is 20.1 Å². The van der Waals surface area contributed by atoms with Crippen molar-refractivity contribution in [2.75, 3.05) is 0 Å². The second-order valence-electron chi connectivity index (χ2n) is 15.6. The van der Waals surface area contributed by atoms with Gasteiger partial charge in [-0.2, -0.15) is 0 Å². The van der Waals surface area contributed by atoms with Gasteiger partial charge < -0.3 is 15.3 Å². The lowest BCUT2D eigenvalue weighted by atomic mass is 9.31. The van der Waals surface area contributed by atoms with Crippen LogP contribution in [-0.2, 0) is 4.79 Å². The third-order valence-corrected chi connectivity index (χ3v) is 13.6. The van der Waals surface area contributed by atoms with Crippen LogP contribution in [0, 0.1) is 56.2 Å². The first kappa shape index (κ1) is 25.1. The molecule has 0 radical (unpaired) electrons. The van der Waals surface area contributed by atoms with Gasteiger partial charge >= 0.3 is 5.97 Å². The fourth-order valence-electron chi connectivity index (χ4n) is 11.4. The summed E-state index contributed by atoms with van der Waals surface area (Å²) in [4.78, 5) is 12.8. The average Bonchev–Trinajstić information content (AvgIpc) is 2.72. The maximum atomic E-state index is 12.8. The fraction of sp³-hybridized carbons (Fsp3) is 0.967. The molecule has 0 aromatic heterocycles. The fourth-order valence-corrected chi connectivity index (χ4v) is 11.4. The van der Waals surface area contributed by atoms with Gasteiger partial charge in [0, 0.05) is 0 Å². The Morgan fingerprint density at radius 3 is 2.06 bits per heavy atom. The summed E-state index contributed by atoms with van der Waals surface area (Å²) in [6.45, 7) is 16.5. The van der Waals surface area contributed by atoms with Crippen molar-refractivity contribution in [3.05, 3.63) is 0 Å². The molecule has 5 aliphatic carbocycles. The van der Waals surface area contributed by atoms with E-state index in [0.717, 1.165) is 64.2 Å². The van der Waals surface area contributed by atoms with Gasteiger partial charge in [0.05, 0.1) is 17.6 Å². The van der Waals surface area contributed by atoms with E-state index in [2.05, 4.69) is 48.5 Å². The lowest BCUT2D eigenvalue weighted by Crippen LogP contribution is -2.70. The Morgan fingerprint density at radius 1 is 0.765 bits per heavy atom. The summed E-state index contributed by atoms with van der Waals surface area (Å²) < 4.78 is 0. The van der Waals surface area contributed by atoms with Gasteiger partial charge in [-0.1, -0.05) is 48.5 Å². The van der Waals surface area contributed by atoms with E-state index in [0.29, 0.717) is 11.8 Å². The number of hydrogen-bond acceptors (Lipinski definition) is 3. The second-order valence-corrected chi connectivity index (χ2v) is 15.6. The molecule has 3 N–H and O–H groups in total. The molecule has 0 aliphatic heterocycles. The molecule has 0 aromatic carbocycles. The molecule has 4 nitrogen and oxygen atoms in total. The highest BCUT2D eigenvalue weighted by molar-refractivity contribution is 5.75. The zero-order valence-corrected chi connectivity index (χ0v) is 22.8. The zero-order valence-electron chi connectivity index (χ0n) is 22.8. The first-order chi connectivity index (χ1) is 15.6. The maximum absolute atomic E-state index is 12.8. The topological polar surface area (TPSA) is 77.8 Å². The second kappa shape index (κ2) is 7.24. The molecule has 5 aliphatic rings. The molecular formula is C30H50O4. The molecule has 0 unspecified atom stereocenters. The zero-order chi connectivity index (χ0) is 25.1. The number of aliphatic carboxylic acids is 1. The van der Waals surface area contributed by atoms with E-state index in [-0.39, 0.29) is 45.0 Å². The van der Waals surface area contributed by atoms with Crippen molar-refractivity contribution in [2.45, 2.75) is 125 Å². The van der Waals surface area contributed by atoms with Gasteiger partial charge in [0.15, 0.2) is 0 Å². The van der Waals surface area contributed by atoms with Crippen LogP contribution in [0.4, 0.5) is 0 Å². The summed E-state index contributed by atoms with van der Waals surface area (Å²) in [7, 11) is 0. The summed E-state index contributed by atoms with van der Waals surface area (Å²) in [5.41, 5.74) is -0.491. The molecule has 5 saturated carbocycles. The van der Waals surface area contributed by atoms with Crippen LogP contribution >= 0.6 is 0 Å². The standard InChI is InChI=1S/C30H50O4/c1-25(2)12-14-30(24(33)34)15-13-29(7)23(18(30)17-25)19(31)16-21-27(5)10-9-22(32)26(3,4)20(27)8-11-28(21,29)6/h18-23,31-32H,8-17H2,1-7H3,(H,33,34)/t18-,19-,20-,21+,22-,23-,27-,28+,29+,30-/m0/s1. The molecule has 4 heteroatoms. The molecule has 194 valence electrons. The number of aliphatic hydroxyl groups excluding tert-OH is 2. The molecule has 5 fully saturated rings. The Bertz CT molecular complexity index is 864. The summed E-state index contributed by atoms with van der Waals surface area (Å²) >= 11 is 0. The molecule has 34 heavy (non-hydrogen) atoms. The molecule has 0 bridgehead atoms. The predicted molar refractivity (Wildman–Crippen MR) is 134 cm³/mol. The summed E-state index contributed by atoms with van der Waals surface area (Å²) in [5, 5.41) is 33.4. The van der Waals surface area contributed by atoms with Crippen molar-refractivity contribution in [2.24, 2.45) is 56.2 Å². The van der Waals surface area contributed by atoms with Gasteiger partial charge in [0.2, 0.25) is 0 Å². The molecule has 0 spiro atoms. The first-order valence-electron chi connectivity index (χ1n) is 14.1. The van der Waals surface area contributed by atoms with Crippen molar-refractivity contribution in [1.29, 1.82) is 0 Å². The molecule has 0 aromatic rings. The highest BCUT2D eigenvalue weighted by Gasteiger charge is 2.72. The lowest BCUT2D eigenvalue weighted by molar-refractivity contribution is -0.278. The minimum Gasteiger partial charge on any atom is -0.481 e. The van der Waals surface area contributed by atoms with Gasteiger partial charge in [-0.25, -0.2) is 0 Å². The predicted octanol–water partition coefficient (Wildman–Crippen LogP) is 6.28. The van der Waals surface area contributed by atoms with Crippen LogP contribution in [-0.4, -0.2) is 33.5 Å². The summed E-state index contributed by atoms with van der Waals surface area (Å²) in [6.07, 6.45) is 8.56. The van der Waals surface area contributed by atoms with Crippen molar-refractivity contribution in [3.8, 4) is 0 Å². The van der Waals surface area contributed by atoms with Gasteiger partial charge in [-0.15, -0.1) is 0 Å². The van der Waals surface area contributed by atoms with Gasteiger partial charge in [-0.3, -0.25) is 4.79 Å². The van der Waals surface area contributed by atoms with Crippen LogP contribution in [0.5, 0.6) is 0 Å². The molecule has 5 rings (SSSR count). The monoisotopic (exact) mass is 474 g/mol. The number of carbonyl (C=O) groups is 1. The molecule has 10 atom stereocenters. The summed E-state index contributed by atoms with van der Waals surface area (Å²) in [6, 6.07) is 0. The Balaban J connectivity index is 1.59. The van der Waals surface area contributed by atoms with Crippen LogP contribution in [0.15, 0.2) is 0 Å². The van der Waals surface area contributed by atoms with E-state index in [1.54, 1.807) is 0 Å². The lowest BCUT2D eigenvalue weighted by Gasteiger charge is -2.74. The summed E-state index contributed by atoms with van der Waals surface area (Å²) in [5.74, 6) is 0.365. The van der Waals surface area contributed by atoms with Crippen LogP contribution in [0.25, 0.3) is 0 Å². The highest BCUT2D eigenvalue weighted by Crippen LogP contribution is 2.77. The van der Waals surface area contributed by atoms with E-state index in [4.69, 9.17) is 0 Å². The Morgan fingerprint density at radius 2 is 1.41 bits per heavy atom. The SMILES string of the molecule is CC1(C)CC[C@]2(C(=O)O)CC[C@]3(C)[C@H]([C@@H](O)C[C@@H]4[C@@]5(C)CC[C@H](O)C(C)(C)[C@@H]5CC[C@]43C)[C@@H]2C1. The molecule has 0 saturated heterocycles. The van der Waals surface area contributed by atoms with Crippen LogP contribution < -0.4 is 0 Å². The Hall–Kier alpha value is -0.610. The number of hydrogen-bond donors (Lipinski definition) is 3. The quantitative estimate of drug-likeness (QED) is 0.418. The van der Waals surface area contributed by atoms with E-state index in [9.17, 15) is 20.1 Å². The minimum atomic E-state index is -0.665. The number of aliphatic hydroxyl groups is 2. The largest absolute Gasteiger partial charge is 0.481 e. The third-order valence-electron chi connectivity index (χ3n) is 13.6. The van der Waals surface area contributed by atoms with Crippen LogP contribution in [0.2, 0.25) is 0 Å². The number of carboxylic acid groups (broad SMARTS) is 1. The Kier molecular flexibility index (Phi) is 5.34. The number of fused-ring (bicyclic) bond motifs is 7. The van der Waals surface area contributed by atoms with Crippen LogP contribution in [0.3, 0.4) is 0 Å².